The van der Waals surface area contributed by atoms with Gasteiger partial charge in [-0.15, -0.1) is 0 Å². The highest BCUT2D eigenvalue weighted by atomic mass is 19.1. The third-order valence-corrected chi connectivity index (χ3v) is 4.66. The van der Waals surface area contributed by atoms with E-state index >= 15 is 0 Å². The van der Waals surface area contributed by atoms with Crippen LogP contribution < -0.4 is 0 Å². The summed E-state index contributed by atoms with van der Waals surface area (Å²) in [6.45, 7) is 4.30. The Labute approximate surface area is 149 Å². The first-order valence-corrected chi connectivity index (χ1v) is 8.93. The Hall–Kier alpha value is -2.42. The molecule has 3 aromatic rings. The zero-order valence-electron chi connectivity index (χ0n) is 14.9. The lowest BCUT2D eigenvalue weighted by Crippen LogP contribution is -2.02. The fourth-order valence-corrected chi connectivity index (χ4v) is 3.54. The Bertz CT molecular complexity index is 771. The Balaban J connectivity index is 1.62. The first kappa shape index (κ1) is 17.4. The molecule has 2 nitrogen and oxygen atoms in total. The molecule has 0 aliphatic carbocycles. The number of hydrogen-bond donors (Lipinski definition) is 1. The average molecular weight is 336 g/mol. The van der Waals surface area contributed by atoms with Crippen molar-refractivity contribution in [3.63, 3.8) is 0 Å². The molecule has 0 saturated carbocycles. The van der Waals surface area contributed by atoms with Crippen molar-refractivity contribution in [2.24, 2.45) is 0 Å². The molecular weight excluding hydrogens is 311 g/mol. The third-order valence-electron chi connectivity index (χ3n) is 4.66. The van der Waals surface area contributed by atoms with Crippen LogP contribution >= 0.6 is 0 Å². The fourth-order valence-electron chi connectivity index (χ4n) is 3.54. The number of H-pyrrole nitrogens is 1. The zero-order valence-corrected chi connectivity index (χ0v) is 14.9. The van der Waals surface area contributed by atoms with Gasteiger partial charge in [-0.25, -0.2) is 9.37 Å². The molecule has 0 saturated heterocycles. The molecule has 1 aromatic heterocycles. The summed E-state index contributed by atoms with van der Waals surface area (Å²) in [5.41, 5.74) is 6.31. The van der Waals surface area contributed by atoms with E-state index in [0.717, 1.165) is 36.9 Å². The molecule has 130 valence electrons. The van der Waals surface area contributed by atoms with Gasteiger partial charge < -0.3 is 4.98 Å². The summed E-state index contributed by atoms with van der Waals surface area (Å²) < 4.78 is 13.2. The van der Waals surface area contributed by atoms with Crippen LogP contribution in [0.2, 0.25) is 0 Å². The van der Waals surface area contributed by atoms with Crippen molar-refractivity contribution in [1.29, 1.82) is 0 Å². The summed E-state index contributed by atoms with van der Waals surface area (Å²) in [6, 6.07) is 13.6. The van der Waals surface area contributed by atoms with Crippen LogP contribution in [0.3, 0.4) is 0 Å². The SMILES string of the molecule is Cc1cc(C)cc(CCCCC(c2ccc(F)cc2)c2cnc[nH]2)c1. The van der Waals surface area contributed by atoms with Crippen LogP contribution in [0.4, 0.5) is 4.39 Å². The third kappa shape index (κ3) is 4.79. The predicted molar refractivity (Wildman–Crippen MR) is 100 cm³/mol. The highest BCUT2D eigenvalue weighted by Gasteiger charge is 2.15. The van der Waals surface area contributed by atoms with Crippen LogP contribution in [0.15, 0.2) is 55.0 Å². The Morgan fingerprint density at radius 2 is 1.72 bits per heavy atom. The molecule has 3 rings (SSSR count). The van der Waals surface area contributed by atoms with E-state index in [1.165, 1.54) is 28.8 Å². The largest absolute Gasteiger partial charge is 0.348 e. The zero-order chi connectivity index (χ0) is 17.6. The number of nitrogens with zero attached hydrogens (tertiary/aromatic N) is 1. The van der Waals surface area contributed by atoms with Crippen molar-refractivity contribution in [3.05, 3.63) is 88.8 Å². The van der Waals surface area contributed by atoms with E-state index < -0.39 is 0 Å². The molecular formula is C22H25FN2. The minimum Gasteiger partial charge on any atom is -0.348 e. The van der Waals surface area contributed by atoms with Gasteiger partial charge in [0.1, 0.15) is 5.82 Å². The van der Waals surface area contributed by atoms with Crippen LogP contribution in [0.5, 0.6) is 0 Å². The predicted octanol–water partition coefficient (Wildman–Crippen LogP) is 5.71. The summed E-state index contributed by atoms with van der Waals surface area (Å²) in [6.07, 6.45) is 7.97. The number of aromatic nitrogens is 2. The maximum Gasteiger partial charge on any atom is 0.123 e. The van der Waals surface area contributed by atoms with Crippen molar-refractivity contribution < 1.29 is 4.39 Å². The van der Waals surface area contributed by atoms with E-state index in [4.69, 9.17) is 0 Å². The first-order valence-electron chi connectivity index (χ1n) is 8.93. The lowest BCUT2D eigenvalue weighted by Gasteiger charge is -2.16. The maximum atomic E-state index is 13.2. The average Bonchev–Trinajstić information content (AvgIpc) is 3.09. The number of hydrogen-bond acceptors (Lipinski definition) is 1. The topological polar surface area (TPSA) is 28.7 Å². The molecule has 3 heteroatoms. The Morgan fingerprint density at radius 3 is 2.36 bits per heavy atom. The van der Waals surface area contributed by atoms with Gasteiger partial charge in [-0.1, -0.05) is 47.9 Å². The van der Waals surface area contributed by atoms with E-state index in [0.29, 0.717) is 0 Å². The van der Waals surface area contributed by atoms with Gasteiger partial charge in [-0.05, 0) is 56.4 Å². The van der Waals surface area contributed by atoms with E-state index in [9.17, 15) is 4.39 Å². The summed E-state index contributed by atoms with van der Waals surface area (Å²) in [7, 11) is 0. The van der Waals surface area contributed by atoms with Gasteiger partial charge in [0.05, 0.1) is 6.33 Å². The minimum atomic E-state index is -0.193. The minimum absolute atomic E-state index is 0.193. The van der Waals surface area contributed by atoms with Gasteiger partial charge in [-0.2, -0.15) is 0 Å². The highest BCUT2D eigenvalue weighted by molar-refractivity contribution is 5.29. The standard InChI is InChI=1S/C22H25FN2/c1-16-11-17(2)13-18(12-16)5-3-4-6-21(22-14-24-15-25-22)19-7-9-20(23)10-8-19/h7-15,21H,3-6H2,1-2H3,(H,24,25). The number of unbranched alkanes of at least 4 members (excludes halogenated alkanes) is 1. The molecule has 2 aromatic carbocycles. The summed E-state index contributed by atoms with van der Waals surface area (Å²) in [5.74, 6) is 0.0456. The van der Waals surface area contributed by atoms with Crippen LogP contribution in [-0.4, -0.2) is 9.97 Å². The second kappa shape index (κ2) is 8.11. The fraction of sp³-hybridized carbons (Fsp3) is 0.318. The smallest absolute Gasteiger partial charge is 0.123 e. The van der Waals surface area contributed by atoms with Crippen molar-refractivity contribution in [1.82, 2.24) is 9.97 Å². The summed E-state index contributed by atoms with van der Waals surface area (Å²) >= 11 is 0. The highest BCUT2D eigenvalue weighted by Crippen LogP contribution is 2.28. The molecule has 0 spiro atoms. The lowest BCUT2D eigenvalue weighted by atomic mass is 9.90. The van der Waals surface area contributed by atoms with Gasteiger partial charge in [0.15, 0.2) is 0 Å². The van der Waals surface area contributed by atoms with Crippen LogP contribution in [-0.2, 0) is 6.42 Å². The number of nitrogens with one attached hydrogen (secondary N) is 1. The van der Waals surface area contributed by atoms with E-state index in [1.54, 1.807) is 6.33 Å². The molecule has 0 radical (unpaired) electrons. The second-order valence-corrected chi connectivity index (χ2v) is 6.85. The number of imidazole rings is 1. The van der Waals surface area contributed by atoms with Gasteiger partial charge in [0.25, 0.3) is 0 Å². The Morgan fingerprint density at radius 1 is 1.00 bits per heavy atom. The number of halogens is 1. The van der Waals surface area contributed by atoms with Gasteiger partial charge in [0.2, 0.25) is 0 Å². The number of rotatable bonds is 7. The normalized spacial score (nSPS) is 12.3. The van der Waals surface area contributed by atoms with Crippen molar-refractivity contribution >= 4 is 0 Å². The molecule has 1 N–H and O–H groups in total. The van der Waals surface area contributed by atoms with Crippen molar-refractivity contribution in [3.8, 4) is 0 Å². The number of aromatic amines is 1. The maximum absolute atomic E-state index is 13.2. The number of benzene rings is 2. The molecule has 1 unspecified atom stereocenters. The molecule has 0 fully saturated rings. The molecule has 0 aliphatic rings. The van der Waals surface area contributed by atoms with E-state index in [-0.39, 0.29) is 11.7 Å². The second-order valence-electron chi connectivity index (χ2n) is 6.85. The molecule has 0 bridgehead atoms. The quantitative estimate of drug-likeness (QED) is 0.550. The van der Waals surface area contributed by atoms with Crippen molar-refractivity contribution in [2.45, 2.75) is 45.4 Å². The van der Waals surface area contributed by atoms with Gasteiger partial charge in [0, 0.05) is 17.8 Å². The van der Waals surface area contributed by atoms with Crippen molar-refractivity contribution in [2.75, 3.05) is 0 Å². The molecule has 0 amide bonds. The first-order chi connectivity index (χ1) is 12.1. The molecule has 25 heavy (non-hydrogen) atoms. The van der Waals surface area contributed by atoms with Crippen LogP contribution in [0, 0.1) is 19.7 Å². The van der Waals surface area contributed by atoms with Gasteiger partial charge in [-0.3, -0.25) is 0 Å². The van der Waals surface area contributed by atoms with Crippen LogP contribution in [0.1, 0.15) is 53.1 Å². The van der Waals surface area contributed by atoms with Gasteiger partial charge >= 0.3 is 0 Å². The van der Waals surface area contributed by atoms with Crippen LogP contribution in [0.25, 0.3) is 0 Å². The summed E-state index contributed by atoms with van der Waals surface area (Å²) in [4.78, 5) is 7.37. The Kier molecular flexibility index (Phi) is 5.64. The molecule has 0 aliphatic heterocycles. The monoisotopic (exact) mass is 336 g/mol. The number of aryl methyl sites for hydroxylation is 3. The van der Waals surface area contributed by atoms with E-state index in [1.807, 2.05) is 18.3 Å². The lowest BCUT2D eigenvalue weighted by molar-refractivity contribution is 0.609. The molecule has 1 heterocycles. The summed E-state index contributed by atoms with van der Waals surface area (Å²) in [5, 5.41) is 0. The molecule has 1 atom stereocenters. The van der Waals surface area contributed by atoms with E-state index in [2.05, 4.69) is 42.0 Å².